The van der Waals surface area contributed by atoms with Gasteiger partial charge >= 0.3 is 0 Å². The molecule has 0 bridgehead atoms. The molecule has 2 N–H and O–H groups in total. The predicted octanol–water partition coefficient (Wildman–Crippen LogP) is 1.74. The summed E-state index contributed by atoms with van der Waals surface area (Å²) in [5.74, 6) is 0.387. The molecular weight excluding hydrogens is 150 g/mol. The van der Waals surface area contributed by atoms with E-state index in [2.05, 4.69) is 5.32 Å². The molecule has 2 heteroatoms. The van der Waals surface area contributed by atoms with Crippen molar-refractivity contribution in [2.24, 2.45) is 0 Å². The summed E-state index contributed by atoms with van der Waals surface area (Å²) in [5, 5.41) is 12.6. The number of aryl methyl sites for hydroxylation is 1. The number of hydrogen-bond acceptors (Lipinski definition) is 2. The summed E-state index contributed by atoms with van der Waals surface area (Å²) >= 11 is 0. The summed E-state index contributed by atoms with van der Waals surface area (Å²) in [6.07, 6.45) is 1.21. The summed E-state index contributed by atoms with van der Waals surface area (Å²) in [7, 11) is 0. The minimum absolute atomic E-state index is 0.387. The lowest BCUT2D eigenvalue weighted by Crippen LogP contribution is -2.34. The van der Waals surface area contributed by atoms with Gasteiger partial charge < -0.3 is 10.4 Å². The SMILES string of the molecule is Cc1cc(C2CCN2)ccc1O. The zero-order valence-electron chi connectivity index (χ0n) is 7.17. The molecule has 1 unspecified atom stereocenters. The van der Waals surface area contributed by atoms with Gasteiger partial charge in [0.2, 0.25) is 0 Å². The third-order valence-corrected chi connectivity index (χ3v) is 2.45. The van der Waals surface area contributed by atoms with E-state index in [9.17, 15) is 5.11 Å². The van der Waals surface area contributed by atoms with Crippen molar-refractivity contribution in [3.8, 4) is 5.75 Å². The molecule has 0 spiro atoms. The molecule has 1 saturated heterocycles. The van der Waals surface area contributed by atoms with E-state index in [1.807, 2.05) is 19.1 Å². The summed E-state index contributed by atoms with van der Waals surface area (Å²) in [6, 6.07) is 6.32. The van der Waals surface area contributed by atoms with Crippen LogP contribution in [0.1, 0.15) is 23.6 Å². The van der Waals surface area contributed by atoms with Crippen molar-refractivity contribution in [1.82, 2.24) is 5.32 Å². The van der Waals surface area contributed by atoms with Gasteiger partial charge in [0.05, 0.1) is 0 Å². The fourth-order valence-electron chi connectivity index (χ4n) is 1.47. The lowest BCUT2D eigenvalue weighted by molar-refractivity contribution is 0.382. The van der Waals surface area contributed by atoms with Gasteiger partial charge in [-0.2, -0.15) is 0 Å². The Morgan fingerprint density at radius 3 is 2.75 bits per heavy atom. The summed E-state index contributed by atoms with van der Waals surface area (Å²) in [5.41, 5.74) is 2.25. The highest BCUT2D eigenvalue weighted by molar-refractivity contribution is 5.36. The normalized spacial score (nSPS) is 21.9. The molecule has 0 saturated carbocycles. The molecule has 64 valence electrons. The van der Waals surface area contributed by atoms with E-state index < -0.39 is 0 Å². The van der Waals surface area contributed by atoms with Crippen LogP contribution in [0.5, 0.6) is 5.75 Å². The molecule has 2 rings (SSSR count). The molecular formula is C10H13NO. The molecule has 1 fully saturated rings. The van der Waals surface area contributed by atoms with Gasteiger partial charge in [0, 0.05) is 6.04 Å². The lowest BCUT2D eigenvalue weighted by atomic mass is 9.96. The first kappa shape index (κ1) is 7.62. The van der Waals surface area contributed by atoms with Gasteiger partial charge in [-0.1, -0.05) is 12.1 Å². The number of nitrogens with one attached hydrogen (secondary N) is 1. The van der Waals surface area contributed by atoms with E-state index in [4.69, 9.17) is 0 Å². The second-order valence-corrected chi connectivity index (χ2v) is 3.34. The van der Waals surface area contributed by atoms with Crippen molar-refractivity contribution in [3.63, 3.8) is 0 Å². The van der Waals surface area contributed by atoms with Crippen molar-refractivity contribution < 1.29 is 5.11 Å². The van der Waals surface area contributed by atoms with E-state index in [0.29, 0.717) is 11.8 Å². The minimum atomic E-state index is 0.387. The maximum absolute atomic E-state index is 9.30. The smallest absolute Gasteiger partial charge is 0.118 e. The zero-order chi connectivity index (χ0) is 8.55. The zero-order valence-corrected chi connectivity index (χ0v) is 7.17. The molecule has 2 nitrogen and oxygen atoms in total. The van der Waals surface area contributed by atoms with Gasteiger partial charge in [-0.15, -0.1) is 0 Å². The van der Waals surface area contributed by atoms with Crippen LogP contribution in [0, 0.1) is 6.92 Å². The Balaban J connectivity index is 2.27. The number of hydrogen-bond donors (Lipinski definition) is 2. The van der Waals surface area contributed by atoms with Crippen molar-refractivity contribution in [3.05, 3.63) is 29.3 Å². The van der Waals surface area contributed by atoms with Gasteiger partial charge in [0.25, 0.3) is 0 Å². The average molecular weight is 163 g/mol. The van der Waals surface area contributed by atoms with Crippen LogP contribution in [-0.2, 0) is 0 Å². The molecule has 1 aliphatic rings. The summed E-state index contributed by atoms with van der Waals surface area (Å²) in [4.78, 5) is 0. The highest BCUT2D eigenvalue weighted by Crippen LogP contribution is 2.26. The highest BCUT2D eigenvalue weighted by Gasteiger charge is 2.18. The lowest BCUT2D eigenvalue weighted by Gasteiger charge is -2.28. The maximum Gasteiger partial charge on any atom is 0.118 e. The van der Waals surface area contributed by atoms with Crippen LogP contribution in [0.2, 0.25) is 0 Å². The Labute approximate surface area is 72.2 Å². The Hall–Kier alpha value is -1.02. The van der Waals surface area contributed by atoms with Crippen molar-refractivity contribution in [2.75, 3.05) is 6.54 Å². The number of phenolic OH excluding ortho intramolecular Hbond substituents is 1. The van der Waals surface area contributed by atoms with Gasteiger partial charge in [0.15, 0.2) is 0 Å². The Bertz CT molecular complexity index is 292. The Kier molecular flexibility index (Phi) is 1.77. The predicted molar refractivity (Wildman–Crippen MR) is 48.2 cm³/mol. The molecule has 0 aromatic heterocycles. The van der Waals surface area contributed by atoms with Crippen LogP contribution in [-0.4, -0.2) is 11.7 Å². The van der Waals surface area contributed by atoms with Gasteiger partial charge in [-0.25, -0.2) is 0 Å². The molecule has 0 radical (unpaired) electrons. The molecule has 1 heterocycles. The van der Waals surface area contributed by atoms with Gasteiger partial charge in [0.1, 0.15) is 5.75 Å². The average Bonchev–Trinajstić information content (AvgIpc) is 1.93. The van der Waals surface area contributed by atoms with E-state index in [-0.39, 0.29) is 0 Å². The van der Waals surface area contributed by atoms with Crippen molar-refractivity contribution in [2.45, 2.75) is 19.4 Å². The van der Waals surface area contributed by atoms with E-state index in [0.717, 1.165) is 12.1 Å². The fraction of sp³-hybridized carbons (Fsp3) is 0.400. The summed E-state index contributed by atoms with van der Waals surface area (Å²) in [6.45, 7) is 3.04. The maximum atomic E-state index is 9.30. The van der Waals surface area contributed by atoms with Crippen LogP contribution >= 0.6 is 0 Å². The molecule has 1 aromatic carbocycles. The minimum Gasteiger partial charge on any atom is -0.508 e. The standard InChI is InChI=1S/C10H13NO/c1-7-6-8(2-3-10(7)12)9-4-5-11-9/h2-3,6,9,11-12H,4-5H2,1H3. The third-order valence-electron chi connectivity index (χ3n) is 2.45. The Morgan fingerprint density at radius 1 is 1.50 bits per heavy atom. The molecule has 1 aliphatic heterocycles. The topological polar surface area (TPSA) is 32.3 Å². The van der Waals surface area contributed by atoms with E-state index in [1.54, 1.807) is 6.07 Å². The van der Waals surface area contributed by atoms with Crippen molar-refractivity contribution in [1.29, 1.82) is 0 Å². The molecule has 1 aromatic rings. The first-order chi connectivity index (χ1) is 5.77. The second-order valence-electron chi connectivity index (χ2n) is 3.34. The molecule has 0 aliphatic carbocycles. The molecule has 0 amide bonds. The summed E-state index contributed by atoms with van der Waals surface area (Å²) < 4.78 is 0. The van der Waals surface area contributed by atoms with E-state index in [1.165, 1.54) is 12.0 Å². The second kappa shape index (κ2) is 2.79. The fourth-order valence-corrected chi connectivity index (χ4v) is 1.47. The van der Waals surface area contributed by atoms with Crippen LogP contribution in [0.25, 0.3) is 0 Å². The van der Waals surface area contributed by atoms with Crippen LogP contribution in [0.3, 0.4) is 0 Å². The number of benzene rings is 1. The van der Waals surface area contributed by atoms with E-state index >= 15 is 0 Å². The number of phenols is 1. The molecule has 12 heavy (non-hydrogen) atoms. The monoisotopic (exact) mass is 163 g/mol. The van der Waals surface area contributed by atoms with Crippen LogP contribution < -0.4 is 5.32 Å². The largest absolute Gasteiger partial charge is 0.508 e. The third kappa shape index (κ3) is 1.18. The first-order valence-electron chi connectivity index (χ1n) is 4.30. The number of aromatic hydroxyl groups is 1. The Morgan fingerprint density at radius 2 is 2.25 bits per heavy atom. The van der Waals surface area contributed by atoms with Gasteiger partial charge in [-0.3, -0.25) is 0 Å². The highest BCUT2D eigenvalue weighted by atomic mass is 16.3. The van der Waals surface area contributed by atoms with Crippen molar-refractivity contribution >= 4 is 0 Å². The quantitative estimate of drug-likeness (QED) is 0.661. The van der Waals surface area contributed by atoms with Crippen LogP contribution in [0.15, 0.2) is 18.2 Å². The first-order valence-corrected chi connectivity index (χ1v) is 4.30. The number of rotatable bonds is 1. The molecule has 1 atom stereocenters. The van der Waals surface area contributed by atoms with Gasteiger partial charge in [-0.05, 0) is 37.1 Å². The van der Waals surface area contributed by atoms with Crippen LogP contribution in [0.4, 0.5) is 0 Å².